The fraction of sp³-hybridized carbons (Fsp3) is 0.0952. The quantitative estimate of drug-likeness (QED) is 0.416. The predicted octanol–water partition coefficient (Wildman–Crippen LogP) is 5.51. The minimum Gasteiger partial charge on any atom is -0.455 e. The topological polar surface area (TPSA) is 26.3 Å². The van der Waals surface area contributed by atoms with Gasteiger partial charge < -0.3 is 4.74 Å². The molecule has 0 spiro atoms. The van der Waals surface area contributed by atoms with Crippen LogP contribution in [0.4, 0.5) is 0 Å². The van der Waals surface area contributed by atoms with E-state index >= 15 is 0 Å². The van der Waals surface area contributed by atoms with Gasteiger partial charge in [0.25, 0.3) is 6.47 Å². The molecule has 3 rings (SSSR count). The van der Waals surface area contributed by atoms with Gasteiger partial charge in [0.1, 0.15) is 0 Å². The third-order valence-corrected chi connectivity index (χ3v) is 4.58. The van der Waals surface area contributed by atoms with Crippen molar-refractivity contribution in [2.75, 3.05) is 0 Å². The van der Waals surface area contributed by atoms with Crippen molar-refractivity contribution < 1.29 is 9.53 Å². The molecule has 0 bridgehead atoms. The number of hydrogen-bond donors (Lipinski definition) is 0. The van der Waals surface area contributed by atoms with Gasteiger partial charge in [-0.15, -0.1) is 0 Å². The summed E-state index contributed by atoms with van der Waals surface area (Å²) in [5.41, 5.74) is 5.24. The highest BCUT2D eigenvalue weighted by molar-refractivity contribution is 9.08. The summed E-state index contributed by atoms with van der Waals surface area (Å²) < 4.78 is 5.48. The van der Waals surface area contributed by atoms with Crippen LogP contribution in [0.3, 0.4) is 0 Å². The Kier molecular flexibility index (Phi) is 5.44. The van der Waals surface area contributed by atoms with Gasteiger partial charge in [-0.25, -0.2) is 0 Å². The number of rotatable bonds is 6. The molecule has 0 aromatic heterocycles. The zero-order valence-electron chi connectivity index (χ0n) is 13.1. The highest BCUT2D eigenvalue weighted by Crippen LogP contribution is 2.35. The van der Waals surface area contributed by atoms with Crippen LogP contribution in [0.25, 0.3) is 11.1 Å². The SMILES string of the molecule is O=COC(c1ccccc1)c1cc(CBr)ccc1-c1ccccc1. The minimum atomic E-state index is -0.432. The maximum atomic E-state index is 11.1. The van der Waals surface area contributed by atoms with Gasteiger partial charge in [-0.05, 0) is 22.3 Å². The first-order chi connectivity index (χ1) is 11.8. The number of carbonyl (C=O) groups excluding carboxylic acids is 1. The Morgan fingerprint density at radius 1 is 0.917 bits per heavy atom. The van der Waals surface area contributed by atoms with E-state index in [0.717, 1.165) is 33.1 Å². The van der Waals surface area contributed by atoms with Crippen molar-refractivity contribution in [3.63, 3.8) is 0 Å². The zero-order chi connectivity index (χ0) is 16.8. The van der Waals surface area contributed by atoms with Crippen molar-refractivity contribution in [3.05, 3.63) is 95.6 Å². The molecule has 0 N–H and O–H groups in total. The second kappa shape index (κ2) is 7.93. The van der Waals surface area contributed by atoms with Gasteiger partial charge in [0.15, 0.2) is 6.10 Å². The molecule has 1 unspecified atom stereocenters. The highest BCUT2D eigenvalue weighted by Gasteiger charge is 2.20. The van der Waals surface area contributed by atoms with E-state index in [1.54, 1.807) is 0 Å². The first kappa shape index (κ1) is 16.5. The average Bonchev–Trinajstić information content (AvgIpc) is 2.67. The Hall–Kier alpha value is -2.39. The monoisotopic (exact) mass is 380 g/mol. The van der Waals surface area contributed by atoms with Crippen LogP contribution in [0, 0.1) is 0 Å². The Morgan fingerprint density at radius 3 is 2.21 bits per heavy atom. The van der Waals surface area contributed by atoms with E-state index < -0.39 is 6.10 Å². The minimum absolute atomic E-state index is 0.432. The molecule has 3 heteroatoms. The van der Waals surface area contributed by atoms with Crippen LogP contribution < -0.4 is 0 Å². The van der Waals surface area contributed by atoms with Crippen LogP contribution in [0.5, 0.6) is 0 Å². The first-order valence-corrected chi connectivity index (χ1v) is 8.84. The van der Waals surface area contributed by atoms with Crippen molar-refractivity contribution in [2.45, 2.75) is 11.4 Å². The van der Waals surface area contributed by atoms with Crippen molar-refractivity contribution in [3.8, 4) is 11.1 Å². The normalized spacial score (nSPS) is 11.7. The fourth-order valence-electron chi connectivity index (χ4n) is 2.81. The Labute approximate surface area is 150 Å². The maximum absolute atomic E-state index is 11.1. The molecule has 3 aromatic carbocycles. The zero-order valence-corrected chi connectivity index (χ0v) is 14.6. The van der Waals surface area contributed by atoms with Crippen LogP contribution in [-0.2, 0) is 14.9 Å². The molecule has 0 aliphatic carbocycles. The number of alkyl halides is 1. The lowest BCUT2D eigenvalue weighted by molar-refractivity contribution is -0.132. The van der Waals surface area contributed by atoms with Crippen LogP contribution in [-0.4, -0.2) is 6.47 Å². The van der Waals surface area contributed by atoms with Gasteiger partial charge in [0, 0.05) is 10.9 Å². The predicted molar refractivity (Wildman–Crippen MR) is 99.9 cm³/mol. The summed E-state index contributed by atoms with van der Waals surface area (Å²) in [6.45, 7) is 0.521. The molecule has 0 heterocycles. The largest absolute Gasteiger partial charge is 0.455 e. The maximum Gasteiger partial charge on any atom is 0.294 e. The first-order valence-electron chi connectivity index (χ1n) is 7.71. The van der Waals surface area contributed by atoms with Crippen molar-refractivity contribution in [1.82, 2.24) is 0 Å². The summed E-state index contributed by atoms with van der Waals surface area (Å²) in [4.78, 5) is 11.1. The van der Waals surface area contributed by atoms with Crippen molar-refractivity contribution in [2.24, 2.45) is 0 Å². The Bertz CT molecular complexity index is 801. The number of halogens is 1. The molecule has 0 saturated heterocycles. The van der Waals surface area contributed by atoms with Gasteiger partial charge in [-0.3, -0.25) is 4.79 Å². The molecule has 24 heavy (non-hydrogen) atoms. The molecule has 0 aliphatic rings. The number of benzene rings is 3. The van der Waals surface area contributed by atoms with Crippen LogP contribution in [0.1, 0.15) is 22.8 Å². The van der Waals surface area contributed by atoms with E-state index in [2.05, 4.69) is 46.3 Å². The summed E-state index contributed by atoms with van der Waals surface area (Å²) in [6.07, 6.45) is -0.432. The summed E-state index contributed by atoms with van der Waals surface area (Å²) in [5.74, 6) is 0. The van der Waals surface area contributed by atoms with Crippen LogP contribution in [0.15, 0.2) is 78.9 Å². The number of hydrogen-bond acceptors (Lipinski definition) is 2. The van der Waals surface area contributed by atoms with Crippen LogP contribution in [0.2, 0.25) is 0 Å². The third-order valence-electron chi connectivity index (χ3n) is 3.93. The molecule has 0 radical (unpaired) electrons. The highest BCUT2D eigenvalue weighted by atomic mass is 79.9. The molecular weight excluding hydrogens is 364 g/mol. The average molecular weight is 381 g/mol. The van der Waals surface area contributed by atoms with Crippen molar-refractivity contribution >= 4 is 22.4 Å². The van der Waals surface area contributed by atoms with E-state index in [1.165, 1.54) is 0 Å². The van der Waals surface area contributed by atoms with Gasteiger partial charge in [0.2, 0.25) is 0 Å². The molecule has 3 aromatic rings. The molecule has 1 atom stereocenters. The molecule has 120 valence electrons. The Morgan fingerprint density at radius 2 is 1.58 bits per heavy atom. The van der Waals surface area contributed by atoms with Gasteiger partial charge >= 0.3 is 0 Å². The number of carbonyl (C=O) groups is 1. The summed E-state index contributed by atoms with van der Waals surface area (Å²) in [5, 5.41) is 0.748. The standard InChI is InChI=1S/C21H17BrO2/c22-14-16-11-12-19(17-7-3-1-4-8-17)20(13-16)21(24-15-23)18-9-5-2-6-10-18/h1-13,15,21H,14H2. The molecule has 0 amide bonds. The van der Waals surface area contributed by atoms with Gasteiger partial charge in [0.05, 0.1) is 0 Å². The second-order valence-electron chi connectivity index (χ2n) is 5.44. The molecule has 0 aliphatic heterocycles. The van der Waals surface area contributed by atoms with E-state index in [-0.39, 0.29) is 0 Å². The lowest BCUT2D eigenvalue weighted by Crippen LogP contribution is -2.07. The smallest absolute Gasteiger partial charge is 0.294 e. The van der Waals surface area contributed by atoms with Crippen molar-refractivity contribution in [1.29, 1.82) is 0 Å². The summed E-state index contributed by atoms with van der Waals surface area (Å²) in [7, 11) is 0. The number of ether oxygens (including phenoxy) is 1. The van der Waals surface area contributed by atoms with E-state index in [0.29, 0.717) is 6.47 Å². The van der Waals surface area contributed by atoms with Gasteiger partial charge in [-0.1, -0.05) is 94.8 Å². The van der Waals surface area contributed by atoms with E-state index in [9.17, 15) is 4.79 Å². The molecule has 0 fully saturated rings. The summed E-state index contributed by atoms with van der Waals surface area (Å²) in [6, 6.07) is 26.2. The van der Waals surface area contributed by atoms with Gasteiger partial charge in [-0.2, -0.15) is 0 Å². The van der Waals surface area contributed by atoms with Crippen LogP contribution >= 0.6 is 15.9 Å². The molecule has 0 saturated carbocycles. The molecular formula is C21H17BrO2. The molecule has 2 nitrogen and oxygen atoms in total. The van der Waals surface area contributed by atoms with E-state index in [1.807, 2.05) is 48.5 Å². The fourth-order valence-corrected chi connectivity index (χ4v) is 3.16. The Balaban J connectivity index is 2.17. The third kappa shape index (κ3) is 3.57. The lowest BCUT2D eigenvalue weighted by atomic mass is 9.91. The summed E-state index contributed by atoms with van der Waals surface area (Å²) >= 11 is 3.51. The second-order valence-corrected chi connectivity index (χ2v) is 6.01. The van der Waals surface area contributed by atoms with E-state index in [4.69, 9.17) is 4.74 Å². The lowest BCUT2D eigenvalue weighted by Gasteiger charge is -2.20.